The van der Waals surface area contributed by atoms with Crippen molar-refractivity contribution in [3.05, 3.63) is 0 Å². The van der Waals surface area contributed by atoms with Gasteiger partial charge in [0, 0.05) is 5.92 Å². The molecule has 0 amide bonds. The smallest absolute Gasteiger partial charge is 0.161 e. The first-order valence-corrected chi connectivity index (χ1v) is 6.06. The highest BCUT2D eigenvalue weighted by Crippen LogP contribution is 2.32. The largest absolute Gasteiger partial charge is 0.349 e. The summed E-state index contributed by atoms with van der Waals surface area (Å²) in [5.41, 5.74) is 0. The van der Waals surface area contributed by atoms with Crippen LogP contribution in [0.4, 0.5) is 0 Å². The van der Waals surface area contributed by atoms with Crippen molar-refractivity contribution in [2.75, 3.05) is 0 Å². The van der Waals surface area contributed by atoms with Gasteiger partial charge in [-0.05, 0) is 33.1 Å². The summed E-state index contributed by atoms with van der Waals surface area (Å²) >= 11 is 0. The monoisotopic (exact) mass is 198 g/mol. The molecule has 0 spiro atoms. The molecule has 0 bridgehead atoms. The summed E-state index contributed by atoms with van der Waals surface area (Å²) in [4.78, 5) is 0. The van der Waals surface area contributed by atoms with Crippen LogP contribution in [0.3, 0.4) is 0 Å². The first kappa shape index (κ1) is 10.4. The molecular formula is C12H22O2. The number of rotatable bonds is 1. The van der Waals surface area contributed by atoms with E-state index in [0.29, 0.717) is 18.1 Å². The van der Waals surface area contributed by atoms with E-state index in [0.717, 1.165) is 6.42 Å². The zero-order valence-corrected chi connectivity index (χ0v) is 9.37. The Morgan fingerprint density at radius 3 is 2.00 bits per heavy atom. The molecule has 1 saturated heterocycles. The lowest BCUT2D eigenvalue weighted by atomic mass is 9.88. The van der Waals surface area contributed by atoms with E-state index in [-0.39, 0.29) is 6.29 Å². The maximum absolute atomic E-state index is 5.87. The Labute approximate surface area is 87.0 Å². The lowest BCUT2D eigenvalue weighted by Gasteiger charge is -2.38. The summed E-state index contributed by atoms with van der Waals surface area (Å²) in [6.45, 7) is 4.32. The Kier molecular flexibility index (Phi) is 3.45. The molecule has 0 aromatic heterocycles. The minimum absolute atomic E-state index is 0.0917. The number of ether oxygens (including phenoxy) is 2. The molecule has 2 fully saturated rings. The molecule has 2 heteroatoms. The van der Waals surface area contributed by atoms with Crippen LogP contribution in [0.15, 0.2) is 0 Å². The Morgan fingerprint density at radius 1 is 0.857 bits per heavy atom. The molecule has 14 heavy (non-hydrogen) atoms. The van der Waals surface area contributed by atoms with Gasteiger partial charge in [0.15, 0.2) is 6.29 Å². The zero-order valence-electron chi connectivity index (χ0n) is 9.37. The van der Waals surface area contributed by atoms with Gasteiger partial charge in [0.2, 0.25) is 0 Å². The highest BCUT2D eigenvalue weighted by molar-refractivity contribution is 4.74. The van der Waals surface area contributed by atoms with Crippen molar-refractivity contribution in [2.45, 2.75) is 70.9 Å². The van der Waals surface area contributed by atoms with Crippen LogP contribution < -0.4 is 0 Å². The predicted molar refractivity (Wildman–Crippen MR) is 56.1 cm³/mol. The molecule has 82 valence electrons. The molecule has 0 N–H and O–H groups in total. The predicted octanol–water partition coefficient (Wildman–Crippen LogP) is 3.11. The molecular weight excluding hydrogens is 176 g/mol. The summed E-state index contributed by atoms with van der Waals surface area (Å²) in [5, 5.41) is 0. The number of hydrogen-bond acceptors (Lipinski definition) is 2. The molecule has 2 aliphatic rings. The molecule has 1 aliphatic heterocycles. The molecule has 1 unspecified atom stereocenters. The second-order valence-corrected chi connectivity index (χ2v) is 4.90. The Hall–Kier alpha value is -0.0800. The Bertz CT molecular complexity index is 165. The second-order valence-electron chi connectivity index (χ2n) is 4.90. The van der Waals surface area contributed by atoms with Gasteiger partial charge in [0.05, 0.1) is 12.2 Å². The third-order valence-electron chi connectivity index (χ3n) is 3.43. The van der Waals surface area contributed by atoms with E-state index in [1.54, 1.807) is 0 Å². The van der Waals surface area contributed by atoms with Crippen molar-refractivity contribution in [1.82, 2.24) is 0 Å². The maximum atomic E-state index is 5.87. The van der Waals surface area contributed by atoms with E-state index < -0.39 is 0 Å². The summed E-state index contributed by atoms with van der Waals surface area (Å²) in [6, 6.07) is 0. The van der Waals surface area contributed by atoms with Crippen molar-refractivity contribution >= 4 is 0 Å². The summed E-state index contributed by atoms with van der Waals surface area (Å²) in [7, 11) is 0. The van der Waals surface area contributed by atoms with Gasteiger partial charge < -0.3 is 9.47 Å². The van der Waals surface area contributed by atoms with E-state index in [1.165, 1.54) is 32.1 Å². The SMILES string of the molecule is C[C@@H]1C[C@H](C)OC(C2CCCCC2)O1. The molecule has 2 nitrogen and oxygen atoms in total. The van der Waals surface area contributed by atoms with Crippen LogP contribution in [0.1, 0.15) is 52.4 Å². The fourth-order valence-corrected chi connectivity index (χ4v) is 2.70. The Morgan fingerprint density at radius 2 is 1.43 bits per heavy atom. The maximum Gasteiger partial charge on any atom is 0.161 e. The van der Waals surface area contributed by atoms with Crippen LogP contribution in [0.2, 0.25) is 0 Å². The van der Waals surface area contributed by atoms with E-state index in [1.807, 2.05) is 0 Å². The van der Waals surface area contributed by atoms with Gasteiger partial charge in [-0.3, -0.25) is 0 Å². The van der Waals surface area contributed by atoms with Gasteiger partial charge in [-0.25, -0.2) is 0 Å². The van der Waals surface area contributed by atoms with Crippen LogP contribution in [0.25, 0.3) is 0 Å². The standard InChI is InChI=1S/C12H22O2/c1-9-8-10(2)14-12(13-9)11-6-4-3-5-7-11/h9-12H,3-8H2,1-2H3/t9-,10+,12?. The lowest BCUT2D eigenvalue weighted by Crippen LogP contribution is -2.40. The fourth-order valence-electron chi connectivity index (χ4n) is 2.70. The molecule has 0 aromatic carbocycles. The molecule has 0 aromatic rings. The second kappa shape index (κ2) is 4.63. The van der Waals surface area contributed by atoms with Gasteiger partial charge in [-0.15, -0.1) is 0 Å². The first-order valence-electron chi connectivity index (χ1n) is 6.06. The molecule has 1 heterocycles. The Balaban J connectivity index is 1.88. The van der Waals surface area contributed by atoms with Crippen LogP contribution in [0.5, 0.6) is 0 Å². The molecule has 3 atom stereocenters. The van der Waals surface area contributed by atoms with Gasteiger partial charge >= 0.3 is 0 Å². The highest BCUT2D eigenvalue weighted by atomic mass is 16.7. The highest BCUT2D eigenvalue weighted by Gasteiger charge is 2.31. The quantitative estimate of drug-likeness (QED) is 0.644. The average Bonchev–Trinajstić information content (AvgIpc) is 2.18. The van der Waals surface area contributed by atoms with Crippen molar-refractivity contribution in [2.24, 2.45) is 5.92 Å². The summed E-state index contributed by atoms with van der Waals surface area (Å²) in [5.74, 6) is 0.661. The summed E-state index contributed by atoms with van der Waals surface area (Å²) < 4.78 is 11.7. The minimum atomic E-state index is 0.0917. The fraction of sp³-hybridized carbons (Fsp3) is 1.00. The third kappa shape index (κ3) is 2.48. The van der Waals surface area contributed by atoms with E-state index >= 15 is 0 Å². The van der Waals surface area contributed by atoms with Crippen LogP contribution in [0, 0.1) is 5.92 Å². The van der Waals surface area contributed by atoms with E-state index in [2.05, 4.69) is 13.8 Å². The topological polar surface area (TPSA) is 18.5 Å². The number of hydrogen-bond donors (Lipinski definition) is 0. The zero-order chi connectivity index (χ0) is 9.97. The summed E-state index contributed by atoms with van der Waals surface area (Å²) in [6.07, 6.45) is 8.60. The van der Waals surface area contributed by atoms with E-state index in [4.69, 9.17) is 9.47 Å². The van der Waals surface area contributed by atoms with Crippen molar-refractivity contribution < 1.29 is 9.47 Å². The van der Waals surface area contributed by atoms with Gasteiger partial charge in [0.1, 0.15) is 0 Å². The first-order chi connectivity index (χ1) is 6.75. The van der Waals surface area contributed by atoms with Gasteiger partial charge in [0.25, 0.3) is 0 Å². The van der Waals surface area contributed by atoms with Crippen LogP contribution in [-0.4, -0.2) is 18.5 Å². The van der Waals surface area contributed by atoms with E-state index in [9.17, 15) is 0 Å². The van der Waals surface area contributed by atoms with Crippen molar-refractivity contribution in [1.29, 1.82) is 0 Å². The average molecular weight is 198 g/mol. The molecule has 0 radical (unpaired) electrons. The van der Waals surface area contributed by atoms with Crippen molar-refractivity contribution in [3.63, 3.8) is 0 Å². The van der Waals surface area contributed by atoms with Crippen LogP contribution in [-0.2, 0) is 9.47 Å². The molecule has 2 rings (SSSR count). The molecule has 1 aliphatic carbocycles. The van der Waals surface area contributed by atoms with Crippen molar-refractivity contribution in [3.8, 4) is 0 Å². The molecule has 1 saturated carbocycles. The normalized spacial score (nSPS) is 41.1. The third-order valence-corrected chi connectivity index (χ3v) is 3.43. The lowest BCUT2D eigenvalue weighted by molar-refractivity contribution is -0.258. The van der Waals surface area contributed by atoms with Gasteiger partial charge in [-0.2, -0.15) is 0 Å². The van der Waals surface area contributed by atoms with Gasteiger partial charge in [-0.1, -0.05) is 19.3 Å². The van der Waals surface area contributed by atoms with Crippen LogP contribution >= 0.6 is 0 Å². The minimum Gasteiger partial charge on any atom is -0.349 e.